The number of hydrogen-bond donors (Lipinski definition) is 2. The first-order valence-corrected chi connectivity index (χ1v) is 8.80. The van der Waals surface area contributed by atoms with Crippen molar-refractivity contribution < 1.29 is 9.59 Å². The largest absolute Gasteiger partial charge is 0.332 e. The van der Waals surface area contributed by atoms with Gasteiger partial charge in [0, 0.05) is 11.9 Å². The van der Waals surface area contributed by atoms with Crippen molar-refractivity contribution in [3.8, 4) is 10.7 Å². The van der Waals surface area contributed by atoms with Gasteiger partial charge in [0.25, 0.3) is 5.91 Å². The Bertz CT molecular complexity index is 853. The molecule has 2 N–H and O–H groups in total. The van der Waals surface area contributed by atoms with Gasteiger partial charge in [0.15, 0.2) is 5.82 Å². The van der Waals surface area contributed by atoms with E-state index in [1.807, 2.05) is 24.4 Å². The minimum Gasteiger partial charge on any atom is -0.332 e. The van der Waals surface area contributed by atoms with Gasteiger partial charge in [0.2, 0.25) is 11.9 Å². The number of aryl methyl sites for hydroxylation is 1. The zero-order valence-electron chi connectivity index (χ0n) is 13.1. The number of anilines is 1. The number of thiophene rings is 2. The van der Waals surface area contributed by atoms with Crippen molar-refractivity contribution in [1.29, 1.82) is 0 Å². The number of likely N-dealkylation sites (N-methyl/N-ethyl adjacent to an activating group) is 1. The third-order valence-electron chi connectivity index (χ3n) is 3.17. The van der Waals surface area contributed by atoms with Crippen LogP contribution in [0.25, 0.3) is 10.7 Å². The molecule has 0 atom stereocenters. The van der Waals surface area contributed by atoms with Gasteiger partial charge in [-0.25, -0.2) is 0 Å². The second kappa shape index (κ2) is 6.93. The highest BCUT2D eigenvalue weighted by Gasteiger charge is 2.17. The molecule has 0 aliphatic carbocycles. The van der Waals surface area contributed by atoms with Crippen molar-refractivity contribution in [1.82, 2.24) is 20.1 Å². The van der Waals surface area contributed by atoms with Crippen LogP contribution in [0.2, 0.25) is 0 Å². The summed E-state index contributed by atoms with van der Waals surface area (Å²) >= 11 is 2.93. The average molecular weight is 361 g/mol. The fraction of sp³-hybridized carbons (Fsp3) is 0.200. The zero-order valence-corrected chi connectivity index (χ0v) is 14.7. The summed E-state index contributed by atoms with van der Waals surface area (Å²) in [4.78, 5) is 32.5. The van der Waals surface area contributed by atoms with Crippen LogP contribution in [0.3, 0.4) is 0 Å². The lowest BCUT2D eigenvalue weighted by Crippen LogP contribution is -2.34. The molecule has 3 aromatic heterocycles. The number of carbonyl (C=O) groups excluding carboxylic acids is 2. The van der Waals surface area contributed by atoms with Crippen LogP contribution in [-0.2, 0) is 4.79 Å². The second-order valence-electron chi connectivity index (χ2n) is 5.10. The third-order valence-corrected chi connectivity index (χ3v) is 5.04. The lowest BCUT2D eigenvalue weighted by molar-refractivity contribution is -0.116. The summed E-state index contributed by atoms with van der Waals surface area (Å²) in [6.07, 6.45) is 0. The fourth-order valence-corrected chi connectivity index (χ4v) is 3.55. The van der Waals surface area contributed by atoms with E-state index in [1.54, 1.807) is 30.5 Å². The molecule has 0 spiro atoms. The number of nitrogens with zero attached hydrogens (tertiary/aromatic N) is 3. The van der Waals surface area contributed by atoms with E-state index in [-0.39, 0.29) is 24.3 Å². The number of aromatic nitrogens is 3. The van der Waals surface area contributed by atoms with Crippen LogP contribution in [-0.4, -0.2) is 45.5 Å². The fourth-order valence-electron chi connectivity index (χ4n) is 2.03. The van der Waals surface area contributed by atoms with Crippen molar-refractivity contribution in [3.63, 3.8) is 0 Å². The first kappa shape index (κ1) is 16.3. The lowest BCUT2D eigenvalue weighted by Gasteiger charge is -2.14. The van der Waals surface area contributed by atoms with Gasteiger partial charge in [-0.05, 0) is 30.5 Å². The summed E-state index contributed by atoms with van der Waals surface area (Å²) in [7, 11) is 1.58. The Labute approximate surface area is 146 Å². The highest BCUT2D eigenvalue weighted by Crippen LogP contribution is 2.24. The van der Waals surface area contributed by atoms with Crippen LogP contribution in [0.4, 0.5) is 5.95 Å². The zero-order chi connectivity index (χ0) is 17.1. The standard InChI is InChI=1S/C15H15N5O2S2/c1-9-5-6-10(24-9)13-17-15(19-18-13)16-12(21)8-20(2)14(22)11-4-3-7-23-11/h3-7H,8H2,1-2H3,(H2,16,17,18,19,21). The summed E-state index contributed by atoms with van der Waals surface area (Å²) in [5.41, 5.74) is 0. The van der Waals surface area contributed by atoms with Gasteiger partial charge < -0.3 is 4.90 Å². The SMILES string of the molecule is Cc1ccc(-c2nc(NC(=O)CN(C)C(=O)c3cccs3)n[nH]2)s1. The molecule has 0 radical (unpaired) electrons. The number of aromatic amines is 1. The molecule has 9 heteroatoms. The molecule has 0 saturated heterocycles. The second-order valence-corrected chi connectivity index (χ2v) is 7.34. The van der Waals surface area contributed by atoms with Gasteiger partial charge in [-0.2, -0.15) is 4.98 Å². The van der Waals surface area contributed by atoms with Crippen molar-refractivity contribution in [3.05, 3.63) is 39.4 Å². The summed E-state index contributed by atoms with van der Waals surface area (Å²) in [6, 6.07) is 7.46. The first-order valence-electron chi connectivity index (χ1n) is 7.11. The number of carbonyl (C=O) groups is 2. The minimum atomic E-state index is -0.352. The molecule has 0 saturated carbocycles. The Balaban J connectivity index is 1.59. The quantitative estimate of drug-likeness (QED) is 0.731. The molecule has 124 valence electrons. The molecular formula is C15H15N5O2S2. The van der Waals surface area contributed by atoms with Crippen LogP contribution >= 0.6 is 22.7 Å². The maximum atomic E-state index is 12.1. The van der Waals surface area contributed by atoms with Gasteiger partial charge in [-0.1, -0.05) is 6.07 Å². The lowest BCUT2D eigenvalue weighted by atomic mass is 10.4. The Morgan fingerprint density at radius 2 is 2.17 bits per heavy atom. The Hall–Kier alpha value is -2.52. The molecule has 0 aliphatic heterocycles. The van der Waals surface area contributed by atoms with Crippen LogP contribution in [0.15, 0.2) is 29.6 Å². The number of hydrogen-bond acceptors (Lipinski definition) is 6. The van der Waals surface area contributed by atoms with Crippen molar-refractivity contribution in [2.75, 3.05) is 18.9 Å². The highest BCUT2D eigenvalue weighted by molar-refractivity contribution is 7.15. The minimum absolute atomic E-state index is 0.0707. The van der Waals surface area contributed by atoms with Crippen LogP contribution < -0.4 is 5.32 Å². The van der Waals surface area contributed by atoms with E-state index < -0.39 is 0 Å². The van der Waals surface area contributed by atoms with Gasteiger partial charge in [0.05, 0.1) is 16.3 Å². The van der Waals surface area contributed by atoms with Crippen LogP contribution in [0.1, 0.15) is 14.5 Å². The average Bonchev–Trinajstić information content (AvgIpc) is 3.26. The summed E-state index contributed by atoms with van der Waals surface area (Å²) in [6.45, 7) is 1.94. The maximum Gasteiger partial charge on any atom is 0.264 e. The van der Waals surface area contributed by atoms with Crippen LogP contribution in [0, 0.1) is 6.92 Å². The monoisotopic (exact) mass is 361 g/mol. The normalized spacial score (nSPS) is 10.6. The van der Waals surface area contributed by atoms with E-state index >= 15 is 0 Å². The van der Waals surface area contributed by atoms with Crippen molar-refractivity contribution in [2.45, 2.75) is 6.92 Å². The molecule has 2 amide bonds. The predicted molar refractivity (Wildman–Crippen MR) is 94.3 cm³/mol. The van der Waals surface area contributed by atoms with E-state index in [2.05, 4.69) is 20.5 Å². The van der Waals surface area contributed by atoms with Gasteiger partial charge in [0.1, 0.15) is 0 Å². The third kappa shape index (κ3) is 3.69. The number of amides is 2. The van der Waals surface area contributed by atoms with E-state index in [1.165, 1.54) is 21.1 Å². The Morgan fingerprint density at radius 1 is 1.33 bits per heavy atom. The number of rotatable bonds is 5. The molecule has 0 aliphatic rings. The molecule has 3 aromatic rings. The molecule has 0 bridgehead atoms. The van der Waals surface area contributed by atoms with E-state index in [9.17, 15) is 9.59 Å². The van der Waals surface area contributed by atoms with Gasteiger partial charge >= 0.3 is 0 Å². The molecular weight excluding hydrogens is 346 g/mol. The summed E-state index contributed by atoms with van der Waals surface area (Å²) in [5.74, 6) is 0.254. The highest BCUT2D eigenvalue weighted by atomic mass is 32.1. The van der Waals surface area contributed by atoms with Gasteiger partial charge in [-0.15, -0.1) is 27.8 Å². The summed E-state index contributed by atoms with van der Waals surface area (Å²) < 4.78 is 0. The smallest absolute Gasteiger partial charge is 0.264 e. The molecule has 24 heavy (non-hydrogen) atoms. The Kier molecular flexibility index (Phi) is 4.72. The molecule has 3 rings (SSSR count). The molecule has 0 unspecified atom stereocenters. The Morgan fingerprint density at radius 3 is 2.83 bits per heavy atom. The van der Waals surface area contributed by atoms with E-state index in [4.69, 9.17) is 0 Å². The summed E-state index contributed by atoms with van der Waals surface area (Å²) in [5, 5.41) is 11.2. The van der Waals surface area contributed by atoms with E-state index in [0.717, 1.165) is 4.88 Å². The molecule has 0 fully saturated rings. The van der Waals surface area contributed by atoms with E-state index in [0.29, 0.717) is 10.7 Å². The first-order chi connectivity index (χ1) is 11.5. The molecule has 0 aromatic carbocycles. The molecule has 7 nitrogen and oxygen atoms in total. The van der Waals surface area contributed by atoms with Crippen molar-refractivity contribution in [2.24, 2.45) is 0 Å². The van der Waals surface area contributed by atoms with Crippen LogP contribution in [0.5, 0.6) is 0 Å². The number of nitrogens with one attached hydrogen (secondary N) is 2. The van der Waals surface area contributed by atoms with Crippen molar-refractivity contribution >= 4 is 40.4 Å². The maximum absolute atomic E-state index is 12.1. The van der Waals surface area contributed by atoms with Gasteiger partial charge in [-0.3, -0.25) is 20.0 Å². The molecule has 3 heterocycles. The number of H-pyrrole nitrogens is 1. The predicted octanol–water partition coefficient (Wildman–Crippen LogP) is 2.61. The topological polar surface area (TPSA) is 91.0 Å².